The minimum atomic E-state index is 0.369. The van der Waals surface area contributed by atoms with Crippen LogP contribution in [0.5, 0.6) is 0 Å². The van der Waals surface area contributed by atoms with Crippen molar-refractivity contribution in [2.24, 2.45) is 0 Å². The topological polar surface area (TPSA) is 38.5 Å². The highest BCUT2D eigenvalue weighted by atomic mass is 16.5. The number of benzene rings is 1. The van der Waals surface area contributed by atoms with E-state index in [2.05, 4.69) is 24.8 Å². The molecule has 1 aliphatic rings. The molecule has 3 nitrogen and oxygen atoms in total. The molecular weight excluding hydrogens is 224 g/mol. The van der Waals surface area contributed by atoms with E-state index in [4.69, 9.17) is 10.5 Å². The van der Waals surface area contributed by atoms with Crippen molar-refractivity contribution in [1.29, 1.82) is 0 Å². The number of ether oxygens (including phenoxy) is 1. The van der Waals surface area contributed by atoms with E-state index < -0.39 is 0 Å². The zero-order valence-electron chi connectivity index (χ0n) is 11.4. The fourth-order valence-electron chi connectivity index (χ4n) is 2.58. The molecule has 1 aromatic rings. The van der Waals surface area contributed by atoms with Crippen LogP contribution in [0.3, 0.4) is 0 Å². The molecule has 18 heavy (non-hydrogen) atoms. The first-order valence-corrected chi connectivity index (χ1v) is 6.95. The van der Waals surface area contributed by atoms with Crippen LogP contribution in [-0.4, -0.2) is 25.3 Å². The number of hydrogen-bond donors (Lipinski definition) is 1. The Labute approximate surface area is 110 Å². The fraction of sp³-hybridized carbons (Fsp3) is 0.600. The summed E-state index contributed by atoms with van der Waals surface area (Å²) >= 11 is 0. The van der Waals surface area contributed by atoms with Crippen molar-refractivity contribution in [3.8, 4) is 0 Å². The van der Waals surface area contributed by atoms with E-state index >= 15 is 0 Å². The highest BCUT2D eigenvalue weighted by molar-refractivity contribution is 5.56. The Balaban J connectivity index is 2.03. The van der Waals surface area contributed by atoms with Gasteiger partial charge in [-0.25, -0.2) is 0 Å². The van der Waals surface area contributed by atoms with E-state index in [0.717, 1.165) is 25.2 Å². The molecule has 0 amide bonds. The van der Waals surface area contributed by atoms with Gasteiger partial charge in [-0.1, -0.05) is 13.0 Å². The van der Waals surface area contributed by atoms with Crippen LogP contribution in [0.15, 0.2) is 24.3 Å². The highest BCUT2D eigenvalue weighted by Gasteiger charge is 2.23. The van der Waals surface area contributed by atoms with E-state index in [1.54, 1.807) is 0 Å². The summed E-state index contributed by atoms with van der Waals surface area (Å²) in [6, 6.07) is 8.13. The fourth-order valence-corrected chi connectivity index (χ4v) is 2.58. The summed E-state index contributed by atoms with van der Waals surface area (Å²) in [5.41, 5.74) is 7.90. The molecule has 0 aromatic heterocycles. The van der Waals surface area contributed by atoms with Gasteiger partial charge in [0.25, 0.3) is 0 Å². The normalized spacial score (nSPS) is 23.2. The Bertz CT molecular complexity index is 381. The maximum atomic E-state index is 5.92. The number of nitrogens with zero attached hydrogens (tertiary/aromatic N) is 1. The van der Waals surface area contributed by atoms with Crippen LogP contribution < -0.4 is 10.6 Å². The number of rotatable bonds is 5. The molecule has 2 atom stereocenters. The first kappa shape index (κ1) is 13.2. The van der Waals surface area contributed by atoms with Gasteiger partial charge in [0.2, 0.25) is 0 Å². The van der Waals surface area contributed by atoms with E-state index in [1.165, 1.54) is 18.5 Å². The highest BCUT2D eigenvalue weighted by Crippen LogP contribution is 2.24. The van der Waals surface area contributed by atoms with E-state index in [-0.39, 0.29) is 0 Å². The van der Waals surface area contributed by atoms with Crippen LogP contribution in [-0.2, 0) is 4.74 Å². The van der Waals surface area contributed by atoms with E-state index in [1.807, 2.05) is 18.2 Å². The van der Waals surface area contributed by atoms with Gasteiger partial charge in [0.1, 0.15) is 0 Å². The third kappa shape index (κ3) is 3.39. The lowest BCUT2D eigenvalue weighted by atomic mass is 10.1. The quantitative estimate of drug-likeness (QED) is 0.814. The molecule has 1 fully saturated rings. The van der Waals surface area contributed by atoms with Gasteiger partial charge in [-0.3, -0.25) is 0 Å². The molecule has 0 spiro atoms. The van der Waals surface area contributed by atoms with Gasteiger partial charge in [0.05, 0.1) is 12.2 Å². The molecule has 2 N–H and O–H groups in total. The Morgan fingerprint density at radius 3 is 2.83 bits per heavy atom. The second kappa shape index (κ2) is 6.10. The zero-order valence-corrected chi connectivity index (χ0v) is 11.4. The Morgan fingerprint density at radius 1 is 1.39 bits per heavy atom. The third-order valence-corrected chi connectivity index (χ3v) is 3.47. The second-order valence-corrected chi connectivity index (χ2v) is 5.19. The molecule has 0 saturated carbocycles. The van der Waals surface area contributed by atoms with Gasteiger partial charge in [0.15, 0.2) is 0 Å². The molecule has 0 radical (unpaired) electrons. The molecule has 1 aromatic carbocycles. The summed E-state index contributed by atoms with van der Waals surface area (Å²) in [5.74, 6) is 0. The van der Waals surface area contributed by atoms with Gasteiger partial charge < -0.3 is 15.4 Å². The predicted octanol–water partition coefficient (Wildman–Crippen LogP) is 3.05. The van der Waals surface area contributed by atoms with Gasteiger partial charge >= 0.3 is 0 Å². The summed E-state index contributed by atoms with van der Waals surface area (Å²) in [5, 5.41) is 0. The van der Waals surface area contributed by atoms with Gasteiger partial charge in [-0.2, -0.15) is 0 Å². The average Bonchev–Trinajstić information content (AvgIpc) is 2.74. The van der Waals surface area contributed by atoms with Crippen molar-refractivity contribution >= 4 is 11.4 Å². The molecule has 1 saturated heterocycles. The largest absolute Gasteiger partial charge is 0.399 e. The first-order valence-electron chi connectivity index (χ1n) is 6.95. The molecule has 2 unspecified atom stereocenters. The Kier molecular flexibility index (Phi) is 4.48. The average molecular weight is 248 g/mol. The molecule has 0 aliphatic carbocycles. The lowest BCUT2D eigenvalue weighted by molar-refractivity contribution is 0.0600. The molecule has 3 heteroatoms. The maximum absolute atomic E-state index is 5.92. The van der Waals surface area contributed by atoms with Crippen molar-refractivity contribution in [3.63, 3.8) is 0 Å². The molecule has 2 rings (SSSR count). The van der Waals surface area contributed by atoms with Crippen LogP contribution in [0.1, 0.15) is 33.1 Å². The predicted molar refractivity (Wildman–Crippen MR) is 76.9 cm³/mol. The standard InChI is InChI=1S/C15H24N2O/c1-3-9-17(11-15-8-7-12(2)18-15)14-6-4-5-13(16)10-14/h4-6,10,12,15H,3,7-9,11,16H2,1-2H3. The lowest BCUT2D eigenvalue weighted by Gasteiger charge is -2.27. The number of anilines is 2. The van der Waals surface area contributed by atoms with Gasteiger partial charge in [-0.05, 0) is 44.4 Å². The maximum Gasteiger partial charge on any atom is 0.0754 e. The monoisotopic (exact) mass is 248 g/mol. The van der Waals surface area contributed by atoms with Crippen molar-refractivity contribution in [2.45, 2.75) is 45.3 Å². The van der Waals surface area contributed by atoms with Gasteiger partial charge in [-0.15, -0.1) is 0 Å². The van der Waals surface area contributed by atoms with Crippen molar-refractivity contribution in [2.75, 3.05) is 23.7 Å². The van der Waals surface area contributed by atoms with Crippen molar-refractivity contribution in [3.05, 3.63) is 24.3 Å². The van der Waals surface area contributed by atoms with E-state index in [9.17, 15) is 0 Å². The first-order chi connectivity index (χ1) is 8.69. The zero-order chi connectivity index (χ0) is 13.0. The SMILES string of the molecule is CCCN(CC1CCC(C)O1)c1cccc(N)c1. The number of nitrogen functional groups attached to an aromatic ring is 1. The summed E-state index contributed by atoms with van der Waals surface area (Å²) in [4.78, 5) is 2.39. The molecule has 100 valence electrons. The van der Waals surface area contributed by atoms with Crippen LogP contribution in [0, 0.1) is 0 Å². The third-order valence-electron chi connectivity index (χ3n) is 3.47. The Morgan fingerprint density at radius 2 is 2.22 bits per heavy atom. The smallest absolute Gasteiger partial charge is 0.0754 e. The summed E-state index contributed by atoms with van der Waals surface area (Å²) < 4.78 is 5.92. The van der Waals surface area contributed by atoms with Crippen LogP contribution in [0.25, 0.3) is 0 Å². The minimum absolute atomic E-state index is 0.369. The Hall–Kier alpha value is -1.22. The van der Waals surface area contributed by atoms with Crippen molar-refractivity contribution < 1.29 is 4.74 Å². The van der Waals surface area contributed by atoms with Gasteiger partial charge in [0, 0.05) is 24.5 Å². The van der Waals surface area contributed by atoms with Crippen molar-refractivity contribution in [1.82, 2.24) is 0 Å². The van der Waals surface area contributed by atoms with Crippen LogP contribution in [0.2, 0.25) is 0 Å². The summed E-state index contributed by atoms with van der Waals surface area (Å²) in [6.07, 6.45) is 4.27. The molecule has 0 bridgehead atoms. The minimum Gasteiger partial charge on any atom is -0.399 e. The molecule has 1 heterocycles. The number of nitrogens with two attached hydrogens (primary N) is 1. The van der Waals surface area contributed by atoms with Crippen LogP contribution in [0.4, 0.5) is 11.4 Å². The molecular formula is C15H24N2O. The summed E-state index contributed by atoms with van der Waals surface area (Å²) in [6.45, 7) is 6.39. The molecule has 1 aliphatic heterocycles. The summed E-state index contributed by atoms with van der Waals surface area (Å²) in [7, 11) is 0. The van der Waals surface area contributed by atoms with Crippen LogP contribution >= 0.6 is 0 Å². The lowest BCUT2D eigenvalue weighted by Crippen LogP contribution is -2.33. The second-order valence-electron chi connectivity index (χ2n) is 5.19. The number of hydrogen-bond acceptors (Lipinski definition) is 3. The van der Waals surface area contributed by atoms with E-state index in [0.29, 0.717) is 12.2 Å².